The summed E-state index contributed by atoms with van der Waals surface area (Å²) in [5.74, 6) is -0.143. The van der Waals surface area contributed by atoms with Crippen molar-refractivity contribution < 1.29 is 13.2 Å². The van der Waals surface area contributed by atoms with Crippen molar-refractivity contribution in [3.05, 3.63) is 58.3 Å². The molecule has 0 N–H and O–H groups in total. The van der Waals surface area contributed by atoms with Crippen molar-refractivity contribution in [2.75, 3.05) is 6.26 Å². The molecular weight excluding hydrogens is 342 g/mol. The molecule has 0 fully saturated rings. The summed E-state index contributed by atoms with van der Waals surface area (Å²) in [4.78, 5) is 16.3. The number of rotatable bonds is 4. The fourth-order valence-corrected chi connectivity index (χ4v) is 2.82. The first-order valence-corrected chi connectivity index (χ1v) is 8.47. The highest BCUT2D eigenvalue weighted by Gasteiger charge is 2.12. The summed E-state index contributed by atoms with van der Waals surface area (Å²) in [7, 11) is -3.31. The molecule has 0 unspecified atom stereocenters. The molecule has 0 aliphatic heterocycles. The number of carbonyl (C=O) groups excluding carboxylic acids is 1. The van der Waals surface area contributed by atoms with Crippen molar-refractivity contribution in [2.24, 2.45) is 0 Å². The van der Waals surface area contributed by atoms with Gasteiger partial charge in [-0.05, 0) is 39.7 Å². The maximum Gasteiger partial charge on any atom is 0.175 e. The third-order valence-electron chi connectivity index (χ3n) is 2.71. The van der Waals surface area contributed by atoms with Gasteiger partial charge in [0, 0.05) is 35.1 Å². The van der Waals surface area contributed by atoms with E-state index < -0.39 is 9.84 Å². The monoisotopic (exact) mass is 353 g/mol. The standard InChI is InChI=1S/C14H12BrNO3S/c1-20(18,19)13-4-2-3-11(7-13)14(17)6-10-5-12(15)9-16-8-10/h2-5,7-9H,6H2,1H3. The summed E-state index contributed by atoms with van der Waals surface area (Å²) in [6.45, 7) is 0. The molecule has 2 rings (SSSR count). The number of carbonyl (C=O) groups is 1. The predicted molar refractivity (Wildman–Crippen MR) is 79.5 cm³/mol. The van der Waals surface area contributed by atoms with Crippen molar-refractivity contribution in [2.45, 2.75) is 11.3 Å². The van der Waals surface area contributed by atoms with Gasteiger partial charge in [0.2, 0.25) is 0 Å². The number of sulfone groups is 1. The number of hydrogen-bond donors (Lipinski definition) is 0. The Morgan fingerprint density at radius 1 is 1.25 bits per heavy atom. The number of ketones is 1. The largest absolute Gasteiger partial charge is 0.294 e. The van der Waals surface area contributed by atoms with Crippen LogP contribution < -0.4 is 0 Å². The summed E-state index contributed by atoms with van der Waals surface area (Å²) >= 11 is 3.29. The Bertz CT molecular complexity index is 757. The first-order valence-electron chi connectivity index (χ1n) is 5.79. The zero-order valence-electron chi connectivity index (χ0n) is 10.7. The molecule has 0 saturated carbocycles. The second kappa shape index (κ2) is 5.85. The Balaban J connectivity index is 2.26. The van der Waals surface area contributed by atoms with Crippen LogP contribution in [0.25, 0.3) is 0 Å². The van der Waals surface area contributed by atoms with E-state index in [0.717, 1.165) is 16.3 Å². The van der Waals surface area contributed by atoms with Crippen molar-refractivity contribution in [3.8, 4) is 0 Å². The second-order valence-electron chi connectivity index (χ2n) is 4.41. The van der Waals surface area contributed by atoms with Crippen LogP contribution in [0.5, 0.6) is 0 Å². The van der Waals surface area contributed by atoms with Crippen LogP contribution >= 0.6 is 15.9 Å². The number of benzene rings is 1. The maximum absolute atomic E-state index is 12.2. The molecule has 0 spiro atoms. The molecule has 0 aliphatic carbocycles. The smallest absolute Gasteiger partial charge is 0.175 e. The number of Topliss-reactive ketones (excluding diaryl/α,β-unsaturated/α-hetero) is 1. The summed E-state index contributed by atoms with van der Waals surface area (Å²) in [5, 5.41) is 0. The Labute approximate surface area is 125 Å². The number of halogens is 1. The molecule has 20 heavy (non-hydrogen) atoms. The van der Waals surface area contributed by atoms with E-state index in [2.05, 4.69) is 20.9 Å². The molecule has 4 nitrogen and oxygen atoms in total. The Morgan fingerprint density at radius 2 is 2.00 bits per heavy atom. The van der Waals surface area contributed by atoms with Crippen LogP contribution in [-0.4, -0.2) is 25.4 Å². The van der Waals surface area contributed by atoms with Crippen LogP contribution in [0.1, 0.15) is 15.9 Å². The minimum atomic E-state index is -3.31. The third-order valence-corrected chi connectivity index (χ3v) is 4.25. The lowest BCUT2D eigenvalue weighted by atomic mass is 10.0. The lowest BCUT2D eigenvalue weighted by Crippen LogP contribution is -2.06. The fraction of sp³-hybridized carbons (Fsp3) is 0.143. The van der Waals surface area contributed by atoms with Gasteiger partial charge in [-0.3, -0.25) is 9.78 Å². The Morgan fingerprint density at radius 3 is 2.65 bits per heavy atom. The molecule has 1 heterocycles. The Kier molecular flexibility index (Phi) is 4.35. The van der Waals surface area contributed by atoms with Crippen LogP contribution in [0, 0.1) is 0 Å². The molecule has 0 radical (unpaired) electrons. The van der Waals surface area contributed by atoms with E-state index in [1.165, 1.54) is 12.1 Å². The molecule has 1 aromatic carbocycles. The summed E-state index contributed by atoms with van der Waals surface area (Å²) in [6, 6.07) is 7.88. The second-order valence-corrected chi connectivity index (χ2v) is 7.34. The van der Waals surface area contributed by atoms with E-state index in [4.69, 9.17) is 0 Å². The number of nitrogens with zero attached hydrogens (tertiary/aromatic N) is 1. The fourth-order valence-electron chi connectivity index (χ4n) is 1.74. The van der Waals surface area contributed by atoms with Crippen LogP contribution in [-0.2, 0) is 16.3 Å². The van der Waals surface area contributed by atoms with Crippen molar-refractivity contribution in [1.29, 1.82) is 0 Å². The normalized spacial score (nSPS) is 11.3. The van der Waals surface area contributed by atoms with Gasteiger partial charge in [-0.2, -0.15) is 0 Å². The lowest BCUT2D eigenvalue weighted by molar-refractivity contribution is 0.0992. The van der Waals surface area contributed by atoms with Gasteiger partial charge in [-0.25, -0.2) is 8.42 Å². The lowest BCUT2D eigenvalue weighted by Gasteiger charge is -2.04. The summed E-state index contributed by atoms with van der Waals surface area (Å²) in [6.07, 6.45) is 4.55. The van der Waals surface area contributed by atoms with E-state index in [1.54, 1.807) is 24.5 Å². The van der Waals surface area contributed by atoms with Gasteiger partial charge in [0.25, 0.3) is 0 Å². The highest BCUT2D eigenvalue weighted by atomic mass is 79.9. The first-order chi connectivity index (χ1) is 9.36. The third kappa shape index (κ3) is 3.74. The van der Waals surface area contributed by atoms with Gasteiger partial charge >= 0.3 is 0 Å². The van der Waals surface area contributed by atoms with Gasteiger partial charge in [0.15, 0.2) is 15.6 Å². The molecule has 6 heteroatoms. The number of pyridine rings is 1. The molecular formula is C14H12BrNO3S. The van der Waals surface area contributed by atoms with Crippen LogP contribution in [0.3, 0.4) is 0 Å². The van der Waals surface area contributed by atoms with Crippen LogP contribution in [0.15, 0.2) is 52.1 Å². The highest BCUT2D eigenvalue weighted by Crippen LogP contribution is 2.15. The minimum absolute atomic E-state index is 0.143. The van der Waals surface area contributed by atoms with E-state index >= 15 is 0 Å². The van der Waals surface area contributed by atoms with Gasteiger partial charge in [0.05, 0.1) is 4.90 Å². The van der Waals surface area contributed by atoms with Gasteiger partial charge in [-0.15, -0.1) is 0 Å². The number of hydrogen-bond acceptors (Lipinski definition) is 4. The predicted octanol–water partition coefficient (Wildman–Crippen LogP) is 2.67. The quantitative estimate of drug-likeness (QED) is 0.792. The maximum atomic E-state index is 12.2. The average molecular weight is 354 g/mol. The van der Waals surface area contributed by atoms with Crippen LogP contribution in [0.4, 0.5) is 0 Å². The van der Waals surface area contributed by atoms with E-state index in [9.17, 15) is 13.2 Å². The topological polar surface area (TPSA) is 64.1 Å². The number of aromatic nitrogens is 1. The summed E-state index contributed by atoms with van der Waals surface area (Å²) in [5.41, 5.74) is 1.15. The van der Waals surface area contributed by atoms with Crippen molar-refractivity contribution >= 4 is 31.6 Å². The van der Waals surface area contributed by atoms with Crippen LogP contribution in [0.2, 0.25) is 0 Å². The summed E-state index contributed by atoms with van der Waals surface area (Å²) < 4.78 is 23.8. The highest BCUT2D eigenvalue weighted by molar-refractivity contribution is 9.10. The molecule has 0 atom stereocenters. The molecule has 0 amide bonds. The van der Waals surface area contributed by atoms with Gasteiger partial charge in [0.1, 0.15) is 0 Å². The average Bonchev–Trinajstić information content (AvgIpc) is 2.38. The zero-order chi connectivity index (χ0) is 14.8. The van der Waals surface area contributed by atoms with Gasteiger partial charge < -0.3 is 0 Å². The first kappa shape index (κ1) is 14.9. The molecule has 1 aromatic heterocycles. The zero-order valence-corrected chi connectivity index (χ0v) is 13.1. The molecule has 0 saturated heterocycles. The molecule has 104 valence electrons. The SMILES string of the molecule is CS(=O)(=O)c1cccc(C(=O)Cc2cncc(Br)c2)c1. The van der Waals surface area contributed by atoms with Crippen molar-refractivity contribution in [1.82, 2.24) is 4.98 Å². The van der Waals surface area contributed by atoms with Gasteiger partial charge in [-0.1, -0.05) is 12.1 Å². The minimum Gasteiger partial charge on any atom is -0.294 e. The van der Waals surface area contributed by atoms with E-state index in [-0.39, 0.29) is 17.1 Å². The van der Waals surface area contributed by atoms with Crippen molar-refractivity contribution in [3.63, 3.8) is 0 Å². The van der Waals surface area contributed by atoms with E-state index in [1.807, 2.05) is 6.07 Å². The van der Waals surface area contributed by atoms with E-state index in [0.29, 0.717) is 5.56 Å². The molecule has 0 aliphatic rings. The molecule has 2 aromatic rings. The molecule has 0 bridgehead atoms. The Hall–Kier alpha value is -1.53.